The van der Waals surface area contributed by atoms with Gasteiger partial charge in [0.25, 0.3) is 0 Å². The Morgan fingerprint density at radius 1 is 1.25 bits per heavy atom. The summed E-state index contributed by atoms with van der Waals surface area (Å²) in [6.07, 6.45) is 0. The minimum Gasteiger partial charge on any atom is 2.00 e. The minimum absolute atomic E-state index is 0. The Kier molecular flexibility index (Phi) is 20.7. The van der Waals surface area contributed by atoms with E-state index >= 15 is 0 Å². The van der Waals surface area contributed by atoms with Gasteiger partial charge in [-0.15, -0.1) is 0 Å². The van der Waals surface area contributed by atoms with E-state index in [0.29, 0.717) is 0 Å². The van der Waals surface area contributed by atoms with Crippen molar-refractivity contribution in [2.45, 2.75) is 0 Å². The molecule has 0 nitrogen and oxygen atoms in total. The molecule has 0 bridgehead atoms. The molecule has 0 aliphatic carbocycles. The van der Waals surface area contributed by atoms with Crippen molar-refractivity contribution in [2.75, 3.05) is 0 Å². The van der Waals surface area contributed by atoms with Gasteiger partial charge in [0.1, 0.15) is 0 Å². The van der Waals surface area contributed by atoms with Crippen LogP contribution in [0.1, 0.15) is 0 Å². The summed E-state index contributed by atoms with van der Waals surface area (Å²) in [5, 5.41) is 0. The molecule has 0 aromatic rings. The largest absolute Gasteiger partial charge is 2.00 e. The Morgan fingerprint density at radius 2 is 1.25 bits per heavy atom. The fourth-order valence-corrected chi connectivity index (χ4v) is 0. The van der Waals surface area contributed by atoms with Crippen LogP contribution in [0.2, 0.25) is 0 Å². The molecule has 0 saturated carbocycles. The SMILES string of the molecule is [Cl][Pt][Cl].[Pt+2]. The van der Waals surface area contributed by atoms with Gasteiger partial charge in [-0.1, -0.05) is 0 Å². The fourth-order valence-electron chi connectivity index (χ4n) is 0. The zero-order chi connectivity index (χ0) is 2.71. The first kappa shape index (κ1) is 9.35. The minimum atomic E-state index is -0.472. The topological polar surface area (TPSA) is 0 Å². The van der Waals surface area contributed by atoms with E-state index < -0.39 is 16.5 Å². The van der Waals surface area contributed by atoms with Crippen molar-refractivity contribution < 1.29 is 37.5 Å². The summed E-state index contributed by atoms with van der Waals surface area (Å²) >= 11 is -0.472. The van der Waals surface area contributed by atoms with E-state index in [1.165, 1.54) is 0 Å². The van der Waals surface area contributed by atoms with Crippen molar-refractivity contribution in [1.82, 2.24) is 0 Å². The summed E-state index contributed by atoms with van der Waals surface area (Å²) in [6.45, 7) is 0. The second-order valence-corrected chi connectivity index (χ2v) is 3.33. The maximum Gasteiger partial charge on any atom is 2.00 e. The first-order valence-corrected chi connectivity index (χ1v) is 5.87. The summed E-state index contributed by atoms with van der Waals surface area (Å²) < 4.78 is 0. The molecule has 0 aliphatic heterocycles. The van der Waals surface area contributed by atoms with Crippen LogP contribution in [0, 0.1) is 0 Å². The van der Waals surface area contributed by atoms with E-state index in [9.17, 15) is 0 Å². The Morgan fingerprint density at radius 3 is 1.25 bits per heavy atom. The first-order valence-electron chi connectivity index (χ1n) is 0.239. The van der Waals surface area contributed by atoms with Crippen LogP contribution in [-0.2, 0) is 37.5 Å². The predicted octanol–water partition coefficient (Wildman–Crippen LogP) is 1.37. The van der Waals surface area contributed by atoms with Crippen LogP contribution < -0.4 is 0 Å². The third kappa shape index (κ3) is 9.03. The molecule has 0 atom stereocenters. The molecule has 32 valence electrons. The molecule has 0 rings (SSSR count). The molecular formula is Cl2Pt2+2. The average molecular weight is 461 g/mol. The second kappa shape index (κ2) is 8.88. The maximum atomic E-state index is 4.88. The van der Waals surface area contributed by atoms with Gasteiger partial charge in [-0.05, 0) is 0 Å². The van der Waals surface area contributed by atoms with Crippen LogP contribution in [-0.4, -0.2) is 0 Å². The molecule has 0 saturated heterocycles. The predicted molar refractivity (Wildman–Crippen MR) is 11.7 cm³/mol. The Bertz CT molecular complexity index is 4.00. The third-order valence-electron chi connectivity index (χ3n) is 0. The molecule has 0 aromatic heterocycles. The Labute approximate surface area is 55.9 Å². The van der Waals surface area contributed by atoms with E-state index in [-0.39, 0.29) is 21.1 Å². The van der Waals surface area contributed by atoms with Crippen molar-refractivity contribution >= 4 is 18.8 Å². The van der Waals surface area contributed by atoms with Crippen LogP contribution in [0.25, 0.3) is 0 Å². The molecule has 0 fully saturated rings. The van der Waals surface area contributed by atoms with E-state index in [2.05, 4.69) is 0 Å². The van der Waals surface area contributed by atoms with Crippen LogP contribution in [0.4, 0.5) is 0 Å². The number of hydrogen-bond donors (Lipinski definition) is 0. The Balaban J connectivity index is 0. The van der Waals surface area contributed by atoms with Gasteiger partial charge in [0.15, 0.2) is 0 Å². The summed E-state index contributed by atoms with van der Waals surface area (Å²) in [6, 6.07) is 0. The van der Waals surface area contributed by atoms with Gasteiger partial charge >= 0.3 is 56.4 Å². The third-order valence-corrected chi connectivity index (χ3v) is 0. The van der Waals surface area contributed by atoms with E-state index in [1.54, 1.807) is 0 Å². The standard InChI is InChI=1S/2ClH.2Pt/h2*1H;;/q;;2*+2/p-2. The second-order valence-electron chi connectivity index (χ2n) is 0.0452. The summed E-state index contributed by atoms with van der Waals surface area (Å²) in [5.74, 6) is 0. The van der Waals surface area contributed by atoms with E-state index in [4.69, 9.17) is 18.8 Å². The number of hydrogen-bond acceptors (Lipinski definition) is 0. The smallest absolute Gasteiger partial charge is 2.00 e. The molecule has 0 aliphatic rings. The van der Waals surface area contributed by atoms with Gasteiger partial charge in [0, 0.05) is 0 Å². The molecule has 0 aromatic carbocycles. The van der Waals surface area contributed by atoms with Crippen molar-refractivity contribution in [2.24, 2.45) is 0 Å². The molecular weight excluding hydrogens is 461 g/mol. The van der Waals surface area contributed by atoms with Gasteiger partial charge in [0.05, 0.1) is 0 Å². The van der Waals surface area contributed by atoms with Crippen LogP contribution in [0.3, 0.4) is 0 Å². The molecule has 4 heavy (non-hydrogen) atoms. The van der Waals surface area contributed by atoms with Crippen molar-refractivity contribution in [3.05, 3.63) is 0 Å². The first-order chi connectivity index (χ1) is 1.41. The molecule has 0 heterocycles. The quantitative estimate of drug-likeness (QED) is 0.512. The molecule has 0 N–H and O–H groups in total. The van der Waals surface area contributed by atoms with Crippen LogP contribution in [0.5, 0.6) is 0 Å². The zero-order valence-corrected chi connectivity index (χ0v) is 7.44. The summed E-state index contributed by atoms with van der Waals surface area (Å²) in [7, 11) is 9.75. The van der Waals surface area contributed by atoms with Crippen molar-refractivity contribution in [1.29, 1.82) is 0 Å². The average Bonchev–Trinajstić information content (AvgIpc) is 0.918. The number of rotatable bonds is 0. The van der Waals surface area contributed by atoms with Crippen molar-refractivity contribution in [3.63, 3.8) is 0 Å². The number of halogens is 2. The monoisotopic (exact) mass is 460 g/mol. The van der Waals surface area contributed by atoms with Gasteiger partial charge in [-0.3, -0.25) is 0 Å². The Hall–Kier alpha value is 1.96. The normalized spacial score (nSPS) is 5.50. The fraction of sp³-hybridized carbons (Fsp3) is 0. The zero-order valence-electron chi connectivity index (χ0n) is 1.39. The molecule has 4 heteroatoms. The summed E-state index contributed by atoms with van der Waals surface area (Å²) in [4.78, 5) is 0. The molecule has 0 radical (unpaired) electrons. The van der Waals surface area contributed by atoms with E-state index in [0.717, 1.165) is 0 Å². The van der Waals surface area contributed by atoms with Gasteiger partial charge < -0.3 is 0 Å². The van der Waals surface area contributed by atoms with Gasteiger partial charge in [0.2, 0.25) is 0 Å². The maximum absolute atomic E-state index is 4.88. The molecule has 0 amide bonds. The van der Waals surface area contributed by atoms with Crippen molar-refractivity contribution in [3.8, 4) is 0 Å². The molecule has 0 unspecified atom stereocenters. The van der Waals surface area contributed by atoms with Crippen LogP contribution in [0.15, 0.2) is 0 Å². The van der Waals surface area contributed by atoms with Gasteiger partial charge in [-0.2, -0.15) is 0 Å². The molecule has 0 spiro atoms. The summed E-state index contributed by atoms with van der Waals surface area (Å²) in [5.41, 5.74) is 0. The van der Waals surface area contributed by atoms with Crippen LogP contribution >= 0.6 is 18.8 Å². The van der Waals surface area contributed by atoms with E-state index in [1.807, 2.05) is 0 Å². The van der Waals surface area contributed by atoms with Gasteiger partial charge in [-0.25, -0.2) is 0 Å².